The van der Waals surface area contributed by atoms with E-state index >= 15 is 0 Å². The number of hydrogen-bond donors (Lipinski definition) is 1. The van der Waals surface area contributed by atoms with Crippen molar-refractivity contribution < 1.29 is 14.1 Å². The average molecular weight is 204 g/mol. The third-order valence-electron chi connectivity index (χ3n) is 2.44. The van der Waals surface area contributed by atoms with Gasteiger partial charge in [0.1, 0.15) is 0 Å². The highest BCUT2D eigenvalue weighted by Crippen LogP contribution is 2.25. The molecule has 1 unspecified atom stereocenters. The van der Waals surface area contributed by atoms with Gasteiger partial charge in [0.25, 0.3) is 0 Å². The molecule has 0 radical (unpaired) electrons. The average Bonchev–Trinajstić information content (AvgIpc) is 2.53. The van der Waals surface area contributed by atoms with E-state index < -0.39 is 16.8 Å². The Morgan fingerprint density at radius 3 is 2.54 bits per heavy atom. The fourth-order valence-electron chi connectivity index (χ4n) is 1.72. The Morgan fingerprint density at radius 2 is 2.00 bits per heavy atom. The van der Waals surface area contributed by atoms with E-state index in [2.05, 4.69) is 0 Å². The van der Waals surface area contributed by atoms with Gasteiger partial charge in [0.15, 0.2) is 0 Å². The second-order valence-electron chi connectivity index (χ2n) is 3.60. The van der Waals surface area contributed by atoms with Crippen LogP contribution in [0.2, 0.25) is 0 Å². The van der Waals surface area contributed by atoms with E-state index in [1.165, 1.54) is 25.7 Å². The summed E-state index contributed by atoms with van der Waals surface area (Å²) in [5, 5.41) is 8.39. The zero-order valence-electron chi connectivity index (χ0n) is 7.70. The van der Waals surface area contributed by atoms with Gasteiger partial charge in [-0.2, -0.15) is 0 Å². The molecule has 76 valence electrons. The molecule has 1 atom stereocenters. The van der Waals surface area contributed by atoms with E-state index in [0.29, 0.717) is 17.4 Å². The molecular formula is C9H16O3S. The van der Waals surface area contributed by atoms with E-state index in [-0.39, 0.29) is 6.42 Å². The normalized spacial score (nSPS) is 20.3. The number of aliphatic carboxylic acids is 1. The van der Waals surface area contributed by atoms with Crippen LogP contribution in [-0.4, -0.2) is 26.8 Å². The molecule has 0 heterocycles. The molecule has 0 aromatic rings. The lowest BCUT2D eigenvalue weighted by atomic mass is 10.1. The molecule has 1 aliphatic rings. The Bertz CT molecular complexity index is 197. The second kappa shape index (κ2) is 5.37. The third-order valence-corrected chi connectivity index (χ3v) is 3.94. The first-order valence-electron chi connectivity index (χ1n) is 4.75. The fourth-order valence-corrected chi connectivity index (χ4v) is 3.15. The number of carbonyl (C=O) groups is 1. The standard InChI is InChI=1S/C9H16O3S/c10-9(11)5-6-13(12)7-8-3-1-2-4-8/h8H,1-7H2,(H,10,11). The minimum Gasteiger partial charge on any atom is -0.481 e. The Morgan fingerprint density at radius 1 is 1.38 bits per heavy atom. The topological polar surface area (TPSA) is 54.4 Å². The SMILES string of the molecule is O=C(O)CCS(=O)CC1CCCC1. The van der Waals surface area contributed by atoms with Crippen molar-refractivity contribution >= 4 is 16.8 Å². The quantitative estimate of drug-likeness (QED) is 0.736. The molecule has 0 aromatic heterocycles. The van der Waals surface area contributed by atoms with Gasteiger partial charge in [-0.25, -0.2) is 0 Å². The van der Waals surface area contributed by atoms with Gasteiger partial charge in [0, 0.05) is 22.3 Å². The summed E-state index contributed by atoms with van der Waals surface area (Å²) in [6, 6.07) is 0. The molecule has 1 aliphatic carbocycles. The number of hydrogen-bond acceptors (Lipinski definition) is 2. The highest BCUT2D eigenvalue weighted by molar-refractivity contribution is 7.85. The van der Waals surface area contributed by atoms with Gasteiger partial charge in [0.2, 0.25) is 0 Å². The fraction of sp³-hybridized carbons (Fsp3) is 0.889. The van der Waals surface area contributed by atoms with Crippen LogP contribution in [0.25, 0.3) is 0 Å². The highest BCUT2D eigenvalue weighted by Gasteiger charge is 2.17. The number of carboxylic acid groups (broad SMARTS) is 1. The van der Waals surface area contributed by atoms with E-state index in [4.69, 9.17) is 5.11 Å². The van der Waals surface area contributed by atoms with Crippen LogP contribution in [0.1, 0.15) is 32.1 Å². The van der Waals surface area contributed by atoms with Gasteiger partial charge in [-0.15, -0.1) is 0 Å². The van der Waals surface area contributed by atoms with Crippen LogP contribution >= 0.6 is 0 Å². The van der Waals surface area contributed by atoms with Crippen molar-refractivity contribution in [3.05, 3.63) is 0 Å². The molecule has 0 aliphatic heterocycles. The molecule has 3 nitrogen and oxygen atoms in total. The number of carboxylic acids is 1. The molecule has 0 aromatic carbocycles. The summed E-state index contributed by atoms with van der Waals surface area (Å²) in [6.07, 6.45) is 4.90. The summed E-state index contributed by atoms with van der Waals surface area (Å²) in [5.41, 5.74) is 0. The molecule has 1 N–H and O–H groups in total. The van der Waals surface area contributed by atoms with Gasteiger partial charge in [-0.3, -0.25) is 9.00 Å². The van der Waals surface area contributed by atoms with E-state index in [1.54, 1.807) is 0 Å². The van der Waals surface area contributed by atoms with Crippen LogP contribution in [0, 0.1) is 5.92 Å². The van der Waals surface area contributed by atoms with Crippen LogP contribution in [0.4, 0.5) is 0 Å². The van der Waals surface area contributed by atoms with Gasteiger partial charge in [-0.1, -0.05) is 12.8 Å². The Balaban J connectivity index is 2.13. The first kappa shape index (κ1) is 10.7. The van der Waals surface area contributed by atoms with Crippen molar-refractivity contribution in [3.63, 3.8) is 0 Å². The second-order valence-corrected chi connectivity index (χ2v) is 5.23. The summed E-state index contributed by atoms with van der Waals surface area (Å²) in [5.74, 6) is 0.786. The molecule has 1 rings (SSSR count). The van der Waals surface area contributed by atoms with Crippen molar-refractivity contribution in [1.29, 1.82) is 0 Å². The maximum absolute atomic E-state index is 11.4. The van der Waals surface area contributed by atoms with Crippen LogP contribution < -0.4 is 0 Å². The van der Waals surface area contributed by atoms with Crippen LogP contribution in [0.15, 0.2) is 0 Å². The van der Waals surface area contributed by atoms with Gasteiger partial charge < -0.3 is 5.11 Å². The molecule has 0 bridgehead atoms. The van der Waals surface area contributed by atoms with E-state index in [9.17, 15) is 9.00 Å². The number of rotatable bonds is 5. The molecule has 4 heteroatoms. The first-order chi connectivity index (χ1) is 6.18. The van der Waals surface area contributed by atoms with Gasteiger partial charge >= 0.3 is 5.97 Å². The minimum absolute atomic E-state index is 0.0410. The first-order valence-corrected chi connectivity index (χ1v) is 6.24. The van der Waals surface area contributed by atoms with Crippen molar-refractivity contribution in [2.75, 3.05) is 11.5 Å². The zero-order chi connectivity index (χ0) is 9.68. The van der Waals surface area contributed by atoms with Gasteiger partial charge in [-0.05, 0) is 18.8 Å². The third kappa shape index (κ3) is 4.41. The molecule has 0 amide bonds. The largest absolute Gasteiger partial charge is 0.481 e. The minimum atomic E-state index is -0.911. The summed E-state index contributed by atoms with van der Waals surface area (Å²) in [7, 11) is -0.911. The maximum atomic E-state index is 11.4. The summed E-state index contributed by atoms with van der Waals surface area (Å²) in [6.45, 7) is 0. The van der Waals surface area contributed by atoms with E-state index in [0.717, 1.165) is 0 Å². The smallest absolute Gasteiger partial charge is 0.304 e. The maximum Gasteiger partial charge on any atom is 0.304 e. The summed E-state index contributed by atoms with van der Waals surface area (Å²) < 4.78 is 11.4. The van der Waals surface area contributed by atoms with Crippen molar-refractivity contribution in [2.45, 2.75) is 32.1 Å². The Kier molecular flexibility index (Phi) is 4.42. The predicted octanol–water partition coefficient (Wildman–Crippen LogP) is 1.40. The monoisotopic (exact) mass is 204 g/mol. The molecule has 13 heavy (non-hydrogen) atoms. The van der Waals surface area contributed by atoms with Gasteiger partial charge in [0.05, 0.1) is 6.42 Å². The molecule has 0 saturated heterocycles. The predicted molar refractivity (Wildman–Crippen MR) is 52.1 cm³/mol. The molecular weight excluding hydrogens is 188 g/mol. The summed E-state index contributed by atoms with van der Waals surface area (Å²) >= 11 is 0. The van der Waals surface area contributed by atoms with Crippen molar-refractivity contribution in [3.8, 4) is 0 Å². The lowest BCUT2D eigenvalue weighted by Gasteiger charge is -2.06. The van der Waals surface area contributed by atoms with Crippen molar-refractivity contribution in [2.24, 2.45) is 5.92 Å². The summed E-state index contributed by atoms with van der Waals surface area (Å²) in [4.78, 5) is 10.2. The Labute approximate surface area is 81.0 Å². The van der Waals surface area contributed by atoms with Crippen LogP contribution in [0.5, 0.6) is 0 Å². The molecule has 1 saturated carbocycles. The highest BCUT2D eigenvalue weighted by atomic mass is 32.2. The van der Waals surface area contributed by atoms with E-state index in [1.807, 2.05) is 0 Å². The molecule has 1 fully saturated rings. The van der Waals surface area contributed by atoms with Crippen LogP contribution in [-0.2, 0) is 15.6 Å². The zero-order valence-corrected chi connectivity index (χ0v) is 8.52. The lowest BCUT2D eigenvalue weighted by molar-refractivity contribution is -0.136. The Hall–Kier alpha value is -0.380. The van der Waals surface area contributed by atoms with Crippen LogP contribution in [0.3, 0.4) is 0 Å². The lowest BCUT2D eigenvalue weighted by Crippen LogP contribution is -2.12. The molecule has 0 spiro atoms. The van der Waals surface area contributed by atoms with Crippen molar-refractivity contribution in [1.82, 2.24) is 0 Å².